The summed E-state index contributed by atoms with van der Waals surface area (Å²) in [6.07, 6.45) is 4.31. The summed E-state index contributed by atoms with van der Waals surface area (Å²) >= 11 is 7.49. The maximum Gasteiger partial charge on any atom is 0.166 e. The molecule has 1 N–H and O–H groups in total. The molecule has 5 heteroatoms. The second-order valence-electron chi connectivity index (χ2n) is 6.73. The lowest BCUT2D eigenvalue weighted by Gasteiger charge is -2.27. The Hall–Kier alpha value is -1.72. The number of aliphatic hydroxyl groups is 1. The molecule has 1 aliphatic heterocycles. The van der Waals surface area contributed by atoms with Crippen LogP contribution in [-0.4, -0.2) is 28.1 Å². The average Bonchev–Trinajstić information content (AvgIpc) is 3.36. The fourth-order valence-corrected chi connectivity index (χ4v) is 4.46. The molecule has 0 spiro atoms. The molecule has 134 valence electrons. The normalized spacial score (nSPS) is 17.3. The zero-order valence-electron chi connectivity index (χ0n) is 14.4. The van der Waals surface area contributed by atoms with E-state index in [1.807, 2.05) is 29.6 Å². The summed E-state index contributed by atoms with van der Waals surface area (Å²) in [7, 11) is 0. The molecule has 4 rings (SSSR count). The largest absolute Gasteiger partial charge is 0.374 e. The molecule has 1 unspecified atom stereocenters. The average molecular weight is 385 g/mol. The summed E-state index contributed by atoms with van der Waals surface area (Å²) in [5.41, 5.74) is 1.59. The molecule has 0 aliphatic carbocycles. The Morgan fingerprint density at radius 2 is 1.62 bits per heavy atom. The van der Waals surface area contributed by atoms with Gasteiger partial charge >= 0.3 is 0 Å². The second-order valence-corrected chi connectivity index (χ2v) is 8.07. The van der Waals surface area contributed by atoms with Crippen molar-refractivity contribution < 1.29 is 5.11 Å². The third-order valence-electron chi connectivity index (χ3n) is 4.98. The minimum atomic E-state index is -1.27. The summed E-state index contributed by atoms with van der Waals surface area (Å²) in [4.78, 5) is 6.87. The molecule has 1 aromatic heterocycles. The maximum atomic E-state index is 11.7. The number of likely N-dealkylation sites (tertiary alicyclic amines) is 1. The number of benzene rings is 2. The Labute approximate surface area is 162 Å². The van der Waals surface area contributed by atoms with Crippen LogP contribution in [0.1, 0.15) is 34.5 Å². The van der Waals surface area contributed by atoms with E-state index in [0.717, 1.165) is 17.7 Å². The third-order valence-corrected chi connectivity index (χ3v) is 6.11. The lowest BCUT2D eigenvalue weighted by atomic mass is 9.86. The van der Waals surface area contributed by atoms with Crippen LogP contribution in [0, 0.1) is 0 Å². The van der Waals surface area contributed by atoms with Crippen molar-refractivity contribution in [2.75, 3.05) is 13.1 Å². The molecule has 2 heterocycles. The minimum absolute atomic E-state index is 0.649. The van der Waals surface area contributed by atoms with Gasteiger partial charge < -0.3 is 5.11 Å². The predicted molar refractivity (Wildman–Crippen MR) is 107 cm³/mol. The van der Waals surface area contributed by atoms with E-state index >= 15 is 0 Å². The van der Waals surface area contributed by atoms with E-state index < -0.39 is 5.60 Å². The van der Waals surface area contributed by atoms with Crippen LogP contribution in [0.15, 0.2) is 60.1 Å². The standard InChI is InChI=1S/C21H21ClN2OS/c22-19-9-7-18(8-10-19)21(25,20-23-11-14-26-20)17-5-3-16(4-6-17)15-24-12-1-2-13-24/h3-11,14,25H,1-2,12-13,15H2. The summed E-state index contributed by atoms with van der Waals surface area (Å²) < 4.78 is 0. The highest BCUT2D eigenvalue weighted by molar-refractivity contribution is 7.09. The van der Waals surface area contributed by atoms with Gasteiger partial charge in [0.1, 0.15) is 5.01 Å². The van der Waals surface area contributed by atoms with Gasteiger partial charge in [-0.25, -0.2) is 4.98 Å². The van der Waals surface area contributed by atoms with Crippen molar-refractivity contribution in [1.82, 2.24) is 9.88 Å². The van der Waals surface area contributed by atoms with E-state index in [4.69, 9.17) is 11.6 Å². The lowest BCUT2D eigenvalue weighted by molar-refractivity contribution is 0.125. The number of hydrogen-bond donors (Lipinski definition) is 1. The third kappa shape index (κ3) is 3.42. The van der Waals surface area contributed by atoms with Gasteiger partial charge in [-0.05, 0) is 54.8 Å². The van der Waals surface area contributed by atoms with Crippen LogP contribution in [0.25, 0.3) is 0 Å². The molecule has 26 heavy (non-hydrogen) atoms. The molecule has 1 aliphatic rings. The molecule has 1 saturated heterocycles. The van der Waals surface area contributed by atoms with Crippen LogP contribution in [0.3, 0.4) is 0 Å². The molecule has 3 nitrogen and oxygen atoms in total. The van der Waals surface area contributed by atoms with Gasteiger partial charge in [0.15, 0.2) is 5.60 Å². The van der Waals surface area contributed by atoms with Crippen molar-refractivity contribution in [3.63, 3.8) is 0 Å². The zero-order valence-corrected chi connectivity index (χ0v) is 16.0. The van der Waals surface area contributed by atoms with Crippen molar-refractivity contribution >= 4 is 22.9 Å². The molecule has 0 bridgehead atoms. The van der Waals surface area contributed by atoms with E-state index in [9.17, 15) is 5.11 Å². The minimum Gasteiger partial charge on any atom is -0.374 e. The monoisotopic (exact) mass is 384 g/mol. The zero-order chi connectivity index (χ0) is 18.0. The predicted octanol–water partition coefficient (Wildman–Crippen LogP) is 4.68. The van der Waals surface area contributed by atoms with E-state index in [1.54, 1.807) is 18.3 Å². The van der Waals surface area contributed by atoms with Gasteiger partial charge in [-0.3, -0.25) is 4.90 Å². The molecule has 0 saturated carbocycles. The Morgan fingerprint density at radius 3 is 2.19 bits per heavy atom. The van der Waals surface area contributed by atoms with E-state index in [-0.39, 0.29) is 0 Å². The first-order chi connectivity index (χ1) is 12.7. The molecular weight excluding hydrogens is 364 g/mol. The van der Waals surface area contributed by atoms with Crippen molar-refractivity contribution in [1.29, 1.82) is 0 Å². The summed E-state index contributed by atoms with van der Waals surface area (Å²) in [6, 6.07) is 15.6. The first-order valence-corrected chi connectivity index (χ1v) is 10.1. The Bertz CT molecular complexity index is 843. The summed E-state index contributed by atoms with van der Waals surface area (Å²) in [5, 5.41) is 14.9. The van der Waals surface area contributed by atoms with Gasteiger partial charge in [0.2, 0.25) is 0 Å². The number of thiazole rings is 1. The summed E-state index contributed by atoms with van der Waals surface area (Å²) in [5.74, 6) is 0. The highest BCUT2D eigenvalue weighted by atomic mass is 35.5. The van der Waals surface area contributed by atoms with Crippen LogP contribution in [0.2, 0.25) is 5.02 Å². The van der Waals surface area contributed by atoms with Crippen molar-refractivity contribution in [3.05, 3.63) is 86.8 Å². The Kier molecular flexibility index (Phi) is 5.09. The van der Waals surface area contributed by atoms with Crippen LogP contribution >= 0.6 is 22.9 Å². The highest BCUT2D eigenvalue weighted by Crippen LogP contribution is 2.38. The number of hydrogen-bond acceptors (Lipinski definition) is 4. The van der Waals surface area contributed by atoms with Gasteiger partial charge in [-0.15, -0.1) is 11.3 Å². The number of halogens is 1. The van der Waals surface area contributed by atoms with Gasteiger partial charge in [-0.1, -0.05) is 48.0 Å². The van der Waals surface area contributed by atoms with Gasteiger partial charge in [-0.2, -0.15) is 0 Å². The topological polar surface area (TPSA) is 36.4 Å². The van der Waals surface area contributed by atoms with Crippen LogP contribution in [0.5, 0.6) is 0 Å². The number of rotatable bonds is 5. The van der Waals surface area contributed by atoms with Crippen LogP contribution in [-0.2, 0) is 12.1 Å². The first kappa shape index (κ1) is 17.7. The number of nitrogens with zero attached hydrogens (tertiary/aromatic N) is 2. The quantitative estimate of drug-likeness (QED) is 0.694. The highest BCUT2D eigenvalue weighted by Gasteiger charge is 2.36. The fourth-order valence-electron chi connectivity index (χ4n) is 3.56. The van der Waals surface area contributed by atoms with Gasteiger partial charge in [0.25, 0.3) is 0 Å². The van der Waals surface area contributed by atoms with E-state index in [0.29, 0.717) is 10.0 Å². The Morgan fingerprint density at radius 1 is 1.00 bits per heavy atom. The SMILES string of the molecule is OC(c1ccc(Cl)cc1)(c1ccc(CN2CCCC2)cc1)c1nccs1. The molecular formula is C21H21ClN2OS. The van der Waals surface area contributed by atoms with Gasteiger partial charge in [0.05, 0.1) is 0 Å². The maximum absolute atomic E-state index is 11.7. The van der Waals surface area contributed by atoms with Crippen LogP contribution in [0.4, 0.5) is 0 Å². The molecule has 3 aromatic rings. The Balaban J connectivity index is 1.69. The van der Waals surface area contributed by atoms with E-state index in [1.165, 1.54) is 42.8 Å². The summed E-state index contributed by atoms with van der Waals surface area (Å²) in [6.45, 7) is 3.32. The molecule has 0 amide bonds. The van der Waals surface area contributed by atoms with Crippen molar-refractivity contribution in [2.45, 2.75) is 25.0 Å². The van der Waals surface area contributed by atoms with Gasteiger partial charge in [0, 0.05) is 23.1 Å². The molecule has 1 atom stereocenters. The molecule has 0 radical (unpaired) electrons. The van der Waals surface area contributed by atoms with Crippen LogP contribution < -0.4 is 0 Å². The fraction of sp³-hybridized carbons (Fsp3) is 0.286. The van der Waals surface area contributed by atoms with Crippen molar-refractivity contribution in [2.24, 2.45) is 0 Å². The molecule has 1 fully saturated rings. The second kappa shape index (κ2) is 7.49. The smallest absolute Gasteiger partial charge is 0.166 e. The first-order valence-electron chi connectivity index (χ1n) is 8.86. The molecule has 2 aromatic carbocycles. The number of aromatic nitrogens is 1. The van der Waals surface area contributed by atoms with Crippen molar-refractivity contribution in [3.8, 4) is 0 Å². The van der Waals surface area contributed by atoms with E-state index in [2.05, 4.69) is 22.0 Å². The lowest BCUT2D eigenvalue weighted by Crippen LogP contribution is -2.28.